The Morgan fingerprint density at radius 3 is 2.78 bits per heavy atom. The van der Waals surface area contributed by atoms with Gasteiger partial charge in [-0.15, -0.1) is 0 Å². The quantitative estimate of drug-likeness (QED) is 0.820. The largest absolute Gasteiger partial charge is 0.333 e. The Bertz CT molecular complexity index is 423. The van der Waals surface area contributed by atoms with Crippen LogP contribution < -0.4 is 5.73 Å². The third kappa shape index (κ3) is 2.56. The molecule has 0 atom stereocenters. The van der Waals surface area contributed by atoms with Crippen LogP contribution in [0.25, 0.3) is 0 Å². The summed E-state index contributed by atoms with van der Waals surface area (Å²) >= 11 is 0. The van der Waals surface area contributed by atoms with Crippen molar-refractivity contribution in [2.75, 3.05) is 13.1 Å². The van der Waals surface area contributed by atoms with Crippen molar-refractivity contribution in [3.05, 3.63) is 17.5 Å². The highest BCUT2D eigenvalue weighted by Gasteiger charge is 2.33. The molecule has 18 heavy (non-hydrogen) atoms. The van der Waals surface area contributed by atoms with Crippen LogP contribution in [0.2, 0.25) is 0 Å². The van der Waals surface area contributed by atoms with Gasteiger partial charge in [0, 0.05) is 25.7 Å². The van der Waals surface area contributed by atoms with E-state index >= 15 is 0 Å². The van der Waals surface area contributed by atoms with Crippen molar-refractivity contribution < 1.29 is 4.79 Å². The highest BCUT2D eigenvalue weighted by atomic mass is 16.2. The molecule has 1 aliphatic rings. The monoisotopic (exact) mass is 250 g/mol. The Hall–Kier alpha value is -1.36. The normalized spacial score (nSPS) is 14.8. The third-order valence-corrected chi connectivity index (χ3v) is 3.33. The topological polar surface area (TPSA) is 64.2 Å². The molecule has 1 fully saturated rings. The molecular formula is C13H22N4O. The first kappa shape index (κ1) is 13.1. The van der Waals surface area contributed by atoms with Gasteiger partial charge in [0.1, 0.15) is 5.69 Å². The zero-order valence-corrected chi connectivity index (χ0v) is 11.2. The van der Waals surface area contributed by atoms with Crippen LogP contribution in [0.1, 0.15) is 42.9 Å². The van der Waals surface area contributed by atoms with E-state index in [2.05, 4.69) is 12.0 Å². The van der Waals surface area contributed by atoms with Crippen LogP contribution in [0.4, 0.5) is 0 Å². The minimum atomic E-state index is 0.0806. The second kappa shape index (κ2) is 5.52. The molecule has 1 aromatic heterocycles. The summed E-state index contributed by atoms with van der Waals surface area (Å²) in [5.41, 5.74) is 7.28. The number of hydrogen-bond donors (Lipinski definition) is 1. The average molecular weight is 250 g/mol. The van der Waals surface area contributed by atoms with E-state index < -0.39 is 0 Å². The first-order valence-corrected chi connectivity index (χ1v) is 6.79. The van der Waals surface area contributed by atoms with E-state index in [1.54, 1.807) is 4.68 Å². The summed E-state index contributed by atoms with van der Waals surface area (Å²) in [5.74, 6) is 0.0806. The number of nitrogens with zero attached hydrogens (tertiary/aromatic N) is 3. The van der Waals surface area contributed by atoms with Gasteiger partial charge in [0.15, 0.2) is 0 Å². The van der Waals surface area contributed by atoms with E-state index in [4.69, 9.17) is 5.73 Å². The maximum atomic E-state index is 12.5. The molecule has 1 aromatic rings. The number of aromatic nitrogens is 2. The predicted molar refractivity (Wildman–Crippen MR) is 70.4 cm³/mol. The van der Waals surface area contributed by atoms with Gasteiger partial charge in [0.05, 0.1) is 5.69 Å². The van der Waals surface area contributed by atoms with Crippen LogP contribution in [-0.4, -0.2) is 39.7 Å². The number of hydrogen-bond acceptors (Lipinski definition) is 3. The maximum absolute atomic E-state index is 12.5. The number of nitrogens with two attached hydrogens (primary N) is 1. The van der Waals surface area contributed by atoms with Crippen molar-refractivity contribution in [3.63, 3.8) is 0 Å². The fraction of sp³-hybridized carbons (Fsp3) is 0.692. The second-order valence-electron chi connectivity index (χ2n) is 4.71. The molecule has 0 radical (unpaired) electrons. The van der Waals surface area contributed by atoms with E-state index in [1.807, 2.05) is 17.9 Å². The number of aryl methyl sites for hydroxylation is 2. The van der Waals surface area contributed by atoms with Gasteiger partial charge in [-0.3, -0.25) is 9.48 Å². The summed E-state index contributed by atoms with van der Waals surface area (Å²) in [4.78, 5) is 14.4. The van der Waals surface area contributed by atoms with Crippen molar-refractivity contribution in [3.8, 4) is 0 Å². The number of carbonyl (C=O) groups excluding carboxylic acids is 1. The molecule has 5 heteroatoms. The van der Waals surface area contributed by atoms with Crippen LogP contribution >= 0.6 is 0 Å². The van der Waals surface area contributed by atoms with Crippen LogP contribution in [0.5, 0.6) is 0 Å². The van der Waals surface area contributed by atoms with Crippen molar-refractivity contribution in [1.82, 2.24) is 14.7 Å². The van der Waals surface area contributed by atoms with E-state index in [1.165, 1.54) is 0 Å². The van der Waals surface area contributed by atoms with E-state index in [0.29, 0.717) is 24.8 Å². The third-order valence-electron chi connectivity index (χ3n) is 3.33. The molecule has 0 aliphatic heterocycles. The lowest BCUT2D eigenvalue weighted by Crippen LogP contribution is -2.38. The van der Waals surface area contributed by atoms with Crippen LogP contribution in [0.3, 0.4) is 0 Å². The van der Waals surface area contributed by atoms with E-state index in [0.717, 1.165) is 31.5 Å². The van der Waals surface area contributed by atoms with Crippen LogP contribution in [0, 0.1) is 0 Å². The molecule has 5 nitrogen and oxygen atoms in total. The Morgan fingerprint density at radius 1 is 1.56 bits per heavy atom. The van der Waals surface area contributed by atoms with Crippen molar-refractivity contribution in [2.45, 2.75) is 45.7 Å². The Morgan fingerprint density at radius 2 is 2.28 bits per heavy atom. The predicted octanol–water partition coefficient (Wildman–Crippen LogP) is 1.03. The fourth-order valence-corrected chi connectivity index (χ4v) is 2.18. The fourth-order valence-electron chi connectivity index (χ4n) is 2.18. The Kier molecular flexibility index (Phi) is 4.01. The van der Waals surface area contributed by atoms with Crippen molar-refractivity contribution in [2.24, 2.45) is 5.73 Å². The lowest BCUT2D eigenvalue weighted by molar-refractivity contribution is 0.0735. The van der Waals surface area contributed by atoms with Crippen molar-refractivity contribution >= 4 is 5.91 Å². The molecule has 1 saturated carbocycles. The molecule has 0 saturated heterocycles. The van der Waals surface area contributed by atoms with Crippen molar-refractivity contribution in [1.29, 1.82) is 0 Å². The van der Waals surface area contributed by atoms with E-state index in [-0.39, 0.29) is 5.91 Å². The first-order chi connectivity index (χ1) is 8.71. The minimum absolute atomic E-state index is 0.0806. The standard InChI is InChI=1S/C13H22N4O/c1-3-10-9-12(17(4-2)15-10)13(18)16(8-7-14)11-5-6-11/h9,11H,3-8,14H2,1-2H3. The first-order valence-electron chi connectivity index (χ1n) is 6.79. The zero-order chi connectivity index (χ0) is 13.1. The van der Waals surface area contributed by atoms with Gasteiger partial charge < -0.3 is 10.6 Å². The molecule has 1 heterocycles. The molecule has 0 spiro atoms. The summed E-state index contributed by atoms with van der Waals surface area (Å²) in [5, 5.41) is 4.43. The molecule has 0 bridgehead atoms. The summed E-state index contributed by atoms with van der Waals surface area (Å²) < 4.78 is 1.80. The van der Waals surface area contributed by atoms with Gasteiger partial charge in [-0.2, -0.15) is 5.10 Å². The lowest BCUT2D eigenvalue weighted by Gasteiger charge is -2.21. The van der Waals surface area contributed by atoms with Gasteiger partial charge in [0.2, 0.25) is 0 Å². The van der Waals surface area contributed by atoms with Gasteiger partial charge in [-0.05, 0) is 32.3 Å². The van der Waals surface area contributed by atoms with Gasteiger partial charge >= 0.3 is 0 Å². The number of amides is 1. The molecule has 2 N–H and O–H groups in total. The van der Waals surface area contributed by atoms with Gasteiger partial charge in [0.25, 0.3) is 5.91 Å². The molecule has 1 amide bonds. The van der Waals surface area contributed by atoms with E-state index in [9.17, 15) is 4.79 Å². The second-order valence-corrected chi connectivity index (χ2v) is 4.71. The lowest BCUT2D eigenvalue weighted by atomic mass is 10.2. The maximum Gasteiger partial charge on any atom is 0.272 e. The highest BCUT2D eigenvalue weighted by Crippen LogP contribution is 2.28. The average Bonchev–Trinajstić information content (AvgIpc) is 3.13. The molecule has 0 aromatic carbocycles. The molecule has 100 valence electrons. The summed E-state index contributed by atoms with van der Waals surface area (Å²) in [6.07, 6.45) is 3.06. The SMILES string of the molecule is CCc1cc(C(=O)N(CCN)C2CC2)n(CC)n1. The number of carbonyl (C=O) groups is 1. The Balaban J connectivity index is 2.22. The smallest absolute Gasteiger partial charge is 0.272 e. The molecule has 0 unspecified atom stereocenters. The van der Waals surface area contributed by atoms with Gasteiger partial charge in [-0.25, -0.2) is 0 Å². The summed E-state index contributed by atoms with van der Waals surface area (Å²) in [6, 6.07) is 2.31. The highest BCUT2D eigenvalue weighted by molar-refractivity contribution is 5.93. The zero-order valence-electron chi connectivity index (χ0n) is 11.2. The molecule has 1 aliphatic carbocycles. The van der Waals surface area contributed by atoms with Crippen LogP contribution in [-0.2, 0) is 13.0 Å². The summed E-state index contributed by atoms with van der Waals surface area (Å²) in [6.45, 7) is 5.94. The number of rotatable bonds is 6. The summed E-state index contributed by atoms with van der Waals surface area (Å²) in [7, 11) is 0. The van der Waals surface area contributed by atoms with Crippen LogP contribution in [0.15, 0.2) is 6.07 Å². The van der Waals surface area contributed by atoms with Gasteiger partial charge in [-0.1, -0.05) is 6.92 Å². The molecular weight excluding hydrogens is 228 g/mol. The Labute approximate surface area is 108 Å². The molecule has 2 rings (SSSR count). The minimum Gasteiger partial charge on any atom is -0.333 e.